The third-order valence-electron chi connectivity index (χ3n) is 1.75. The summed E-state index contributed by atoms with van der Waals surface area (Å²) in [5, 5.41) is 3.05. The maximum absolute atomic E-state index is 11.6. The Labute approximate surface area is 69.1 Å². The van der Waals surface area contributed by atoms with Crippen molar-refractivity contribution in [3.63, 3.8) is 0 Å². The van der Waals surface area contributed by atoms with Crippen LogP contribution in [0.2, 0.25) is 0 Å². The Morgan fingerprint density at radius 1 is 1.42 bits per heavy atom. The van der Waals surface area contributed by atoms with E-state index in [4.69, 9.17) is 0 Å². The molecule has 1 rings (SSSR count). The minimum Gasteiger partial charge on any atom is -0.370 e. The van der Waals surface area contributed by atoms with Crippen LogP contribution < -0.4 is 5.32 Å². The van der Waals surface area contributed by atoms with Crippen molar-refractivity contribution in [2.45, 2.75) is 25.1 Å². The summed E-state index contributed by atoms with van der Waals surface area (Å²) >= 11 is 0. The molecule has 1 saturated heterocycles. The van der Waals surface area contributed by atoms with E-state index in [0.717, 1.165) is 19.4 Å². The Kier molecular flexibility index (Phi) is 3.34. The molecule has 1 N–H and O–H groups in total. The number of ether oxygens (including phenoxy) is 1. The van der Waals surface area contributed by atoms with Gasteiger partial charge in [-0.1, -0.05) is 0 Å². The van der Waals surface area contributed by atoms with Crippen LogP contribution in [0.4, 0.5) is 13.2 Å². The van der Waals surface area contributed by atoms with Gasteiger partial charge in [0.1, 0.15) is 6.61 Å². The minimum atomic E-state index is -4.20. The highest BCUT2D eigenvalue weighted by molar-refractivity contribution is 4.73. The summed E-state index contributed by atoms with van der Waals surface area (Å²) in [6.07, 6.45) is -2.25. The van der Waals surface area contributed by atoms with E-state index in [1.54, 1.807) is 0 Å². The monoisotopic (exact) mass is 183 g/mol. The first-order valence-electron chi connectivity index (χ1n) is 3.96. The zero-order valence-electron chi connectivity index (χ0n) is 6.66. The molecule has 12 heavy (non-hydrogen) atoms. The van der Waals surface area contributed by atoms with E-state index in [-0.39, 0.29) is 12.6 Å². The molecular formula is C7H12F3NO. The number of alkyl halides is 3. The first kappa shape index (κ1) is 9.80. The molecule has 2 nitrogen and oxygen atoms in total. The van der Waals surface area contributed by atoms with E-state index in [9.17, 15) is 13.2 Å². The van der Waals surface area contributed by atoms with Crippen LogP contribution in [0.15, 0.2) is 0 Å². The Bertz CT molecular complexity index is 131. The van der Waals surface area contributed by atoms with Gasteiger partial charge in [-0.25, -0.2) is 0 Å². The fraction of sp³-hybridized carbons (Fsp3) is 1.00. The Morgan fingerprint density at radius 3 is 2.67 bits per heavy atom. The molecule has 0 unspecified atom stereocenters. The third-order valence-corrected chi connectivity index (χ3v) is 1.75. The van der Waals surface area contributed by atoms with Crippen LogP contribution >= 0.6 is 0 Å². The van der Waals surface area contributed by atoms with Crippen LogP contribution in [0.3, 0.4) is 0 Å². The zero-order chi connectivity index (χ0) is 9.03. The molecule has 1 aliphatic rings. The summed E-state index contributed by atoms with van der Waals surface area (Å²) < 4.78 is 39.2. The second-order valence-electron chi connectivity index (χ2n) is 2.92. The van der Waals surface area contributed by atoms with Gasteiger partial charge in [0, 0.05) is 6.04 Å². The average molecular weight is 183 g/mol. The van der Waals surface area contributed by atoms with E-state index in [1.165, 1.54) is 0 Å². The van der Waals surface area contributed by atoms with Gasteiger partial charge in [0.25, 0.3) is 0 Å². The van der Waals surface area contributed by atoms with Crippen LogP contribution in [0.25, 0.3) is 0 Å². The van der Waals surface area contributed by atoms with Crippen molar-refractivity contribution in [2.24, 2.45) is 0 Å². The van der Waals surface area contributed by atoms with Crippen molar-refractivity contribution in [3.05, 3.63) is 0 Å². The van der Waals surface area contributed by atoms with E-state index >= 15 is 0 Å². The highest BCUT2D eigenvalue weighted by atomic mass is 19.4. The normalized spacial score (nSPS) is 24.8. The smallest absolute Gasteiger partial charge is 0.370 e. The number of hydrogen-bond acceptors (Lipinski definition) is 2. The van der Waals surface area contributed by atoms with E-state index in [2.05, 4.69) is 10.1 Å². The summed E-state index contributed by atoms with van der Waals surface area (Å²) in [5.74, 6) is 0. The number of nitrogens with one attached hydrogen (secondary N) is 1. The first-order chi connectivity index (χ1) is 5.58. The lowest BCUT2D eigenvalue weighted by atomic mass is 10.2. The van der Waals surface area contributed by atoms with E-state index in [0.29, 0.717) is 0 Å². The number of rotatable bonds is 3. The Hall–Kier alpha value is -0.290. The van der Waals surface area contributed by atoms with Gasteiger partial charge in [-0.05, 0) is 19.4 Å². The summed E-state index contributed by atoms with van der Waals surface area (Å²) in [5.41, 5.74) is 0. The van der Waals surface area contributed by atoms with Gasteiger partial charge in [0.15, 0.2) is 0 Å². The lowest BCUT2D eigenvalue weighted by Gasteiger charge is -2.11. The molecule has 5 heteroatoms. The molecule has 0 aromatic heterocycles. The number of hydrogen-bond donors (Lipinski definition) is 1. The summed E-state index contributed by atoms with van der Waals surface area (Å²) in [6.45, 7) is -0.0786. The predicted octanol–water partition coefficient (Wildman–Crippen LogP) is 1.32. The molecule has 0 saturated carbocycles. The topological polar surface area (TPSA) is 21.3 Å². The molecule has 0 aromatic rings. The van der Waals surface area contributed by atoms with Crippen LogP contribution in [0, 0.1) is 0 Å². The zero-order valence-corrected chi connectivity index (χ0v) is 6.66. The predicted molar refractivity (Wildman–Crippen MR) is 37.9 cm³/mol. The molecule has 0 aliphatic carbocycles. The third kappa shape index (κ3) is 3.92. The van der Waals surface area contributed by atoms with Gasteiger partial charge in [-0.15, -0.1) is 0 Å². The van der Waals surface area contributed by atoms with Gasteiger partial charge >= 0.3 is 6.18 Å². The maximum Gasteiger partial charge on any atom is 0.411 e. The van der Waals surface area contributed by atoms with E-state index in [1.807, 2.05) is 0 Å². The highest BCUT2D eigenvalue weighted by Crippen LogP contribution is 2.15. The molecule has 0 aromatic carbocycles. The fourth-order valence-corrected chi connectivity index (χ4v) is 1.22. The van der Waals surface area contributed by atoms with Crippen molar-refractivity contribution in [2.75, 3.05) is 19.8 Å². The second kappa shape index (κ2) is 4.09. The van der Waals surface area contributed by atoms with Crippen molar-refractivity contribution in [3.8, 4) is 0 Å². The number of halogens is 3. The van der Waals surface area contributed by atoms with Gasteiger partial charge < -0.3 is 10.1 Å². The lowest BCUT2D eigenvalue weighted by Crippen LogP contribution is -2.29. The van der Waals surface area contributed by atoms with Crippen molar-refractivity contribution in [1.82, 2.24) is 5.32 Å². The largest absolute Gasteiger partial charge is 0.411 e. The molecule has 0 amide bonds. The van der Waals surface area contributed by atoms with Crippen LogP contribution in [-0.2, 0) is 4.74 Å². The first-order valence-corrected chi connectivity index (χ1v) is 3.96. The summed E-state index contributed by atoms with van der Waals surface area (Å²) in [4.78, 5) is 0. The molecule has 1 atom stereocenters. The quantitative estimate of drug-likeness (QED) is 0.712. The van der Waals surface area contributed by atoms with Crippen LogP contribution in [0.5, 0.6) is 0 Å². The summed E-state index contributed by atoms with van der Waals surface area (Å²) in [7, 11) is 0. The van der Waals surface area contributed by atoms with Crippen LogP contribution in [0.1, 0.15) is 12.8 Å². The molecular weight excluding hydrogens is 171 g/mol. The second-order valence-corrected chi connectivity index (χ2v) is 2.92. The molecule has 0 spiro atoms. The van der Waals surface area contributed by atoms with Gasteiger partial charge in [0.05, 0.1) is 6.61 Å². The van der Waals surface area contributed by atoms with E-state index < -0.39 is 12.8 Å². The average Bonchev–Trinajstić information content (AvgIpc) is 2.36. The maximum atomic E-state index is 11.6. The molecule has 1 heterocycles. The molecule has 72 valence electrons. The molecule has 1 aliphatic heterocycles. The van der Waals surface area contributed by atoms with Crippen molar-refractivity contribution in [1.29, 1.82) is 0 Å². The highest BCUT2D eigenvalue weighted by Gasteiger charge is 2.28. The Balaban J connectivity index is 2.02. The molecule has 0 radical (unpaired) electrons. The van der Waals surface area contributed by atoms with Gasteiger partial charge in [0.2, 0.25) is 0 Å². The SMILES string of the molecule is FC(F)(F)COC[C@H]1CCCN1. The molecule has 0 bridgehead atoms. The van der Waals surface area contributed by atoms with Crippen LogP contribution in [-0.4, -0.2) is 32.0 Å². The molecule has 1 fully saturated rings. The Morgan fingerprint density at radius 2 is 2.17 bits per heavy atom. The lowest BCUT2D eigenvalue weighted by molar-refractivity contribution is -0.175. The minimum absolute atomic E-state index is 0.118. The summed E-state index contributed by atoms with van der Waals surface area (Å²) in [6, 6.07) is 0.118. The standard InChI is InChI=1S/C7H12F3NO/c8-7(9,10)5-12-4-6-2-1-3-11-6/h6,11H,1-5H2/t6-/m1/s1. The van der Waals surface area contributed by atoms with Crippen molar-refractivity contribution >= 4 is 0 Å². The van der Waals surface area contributed by atoms with Gasteiger partial charge in [-0.3, -0.25) is 0 Å². The van der Waals surface area contributed by atoms with Gasteiger partial charge in [-0.2, -0.15) is 13.2 Å². The fourth-order valence-electron chi connectivity index (χ4n) is 1.22. The van der Waals surface area contributed by atoms with Crippen molar-refractivity contribution < 1.29 is 17.9 Å².